The van der Waals surface area contributed by atoms with Crippen molar-refractivity contribution >= 4 is 0 Å². The van der Waals surface area contributed by atoms with Crippen LogP contribution < -0.4 is 5.73 Å². The molecular weight excluding hydrogens is 222 g/mol. The highest BCUT2D eigenvalue weighted by atomic mass is 15.3. The third kappa shape index (κ3) is 4.30. The lowest BCUT2D eigenvalue weighted by Crippen LogP contribution is -2.15. The van der Waals surface area contributed by atoms with Gasteiger partial charge in [0.25, 0.3) is 0 Å². The zero-order chi connectivity index (χ0) is 13.4. The van der Waals surface area contributed by atoms with Gasteiger partial charge in [-0.25, -0.2) is 0 Å². The molecule has 0 aliphatic carbocycles. The number of hydrogen-bond donors (Lipinski definition) is 1. The Balaban J connectivity index is 2.47. The summed E-state index contributed by atoms with van der Waals surface area (Å²) < 4.78 is 2.05. The Labute approximate surface area is 111 Å². The van der Waals surface area contributed by atoms with Gasteiger partial charge in [-0.3, -0.25) is 4.68 Å². The molecule has 3 heteroatoms. The summed E-state index contributed by atoms with van der Waals surface area (Å²) in [5.74, 6) is 0. The van der Waals surface area contributed by atoms with Crippen molar-refractivity contribution in [2.45, 2.75) is 65.0 Å². The molecule has 0 aromatic carbocycles. The van der Waals surface area contributed by atoms with Gasteiger partial charge in [0.1, 0.15) is 0 Å². The average Bonchev–Trinajstić information content (AvgIpc) is 2.81. The molecule has 1 heterocycles. The predicted molar refractivity (Wildman–Crippen MR) is 77.5 cm³/mol. The predicted octanol–water partition coefficient (Wildman–Crippen LogP) is 3.60. The molecule has 1 atom stereocenters. The van der Waals surface area contributed by atoms with Crippen LogP contribution in [0.25, 0.3) is 0 Å². The van der Waals surface area contributed by atoms with Gasteiger partial charge in [0.15, 0.2) is 0 Å². The molecule has 2 N–H and O–H groups in total. The maximum absolute atomic E-state index is 6.27. The first kappa shape index (κ1) is 15.0. The van der Waals surface area contributed by atoms with Crippen LogP contribution in [0.1, 0.15) is 63.4 Å². The van der Waals surface area contributed by atoms with Crippen molar-refractivity contribution in [2.75, 3.05) is 0 Å². The Bertz CT molecular complexity index is 355. The third-order valence-corrected chi connectivity index (χ3v) is 3.33. The molecule has 0 fully saturated rings. The topological polar surface area (TPSA) is 43.8 Å². The summed E-state index contributed by atoms with van der Waals surface area (Å²) in [7, 11) is 0. The quantitative estimate of drug-likeness (QED) is 0.537. The molecule has 0 amide bonds. The number of aromatic nitrogens is 2. The van der Waals surface area contributed by atoms with Crippen molar-refractivity contribution in [1.82, 2.24) is 9.78 Å². The molecule has 0 saturated heterocycles. The summed E-state index contributed by atoms with van der Waals surface area (Å²) >= 11 is 0. The standard InChI is InChI=1S/C15H27N3/c1-4-7-8-9-10-11-14(16)15-12-13(5-2)17-18(15)6-3/h4,12,14H,1,5-11,16H2,2-3H3. The molecule has 1 unspecified atom stereocenters. The average molecular weight is 249 g/mol. The van der Waals surface area contributed by atoms with Gasteiger partial charge in [-0.1, -0.05) is 25.8 Å². The van der Waals surface area contributed by atoms with E-state index in [1.54, 1.807) is 0 Å². The summed E-state index contributed by atoms with van der Waals surface area (Å²) in [6.07, 6.45) is 8.77. The second-order valence-electron chi connectivity index (χ2n) is 4.76. The van der Waals surface area contributed by atoms with Gasteiger partial charge >= 0.3 is 0 Å². The monoisotopic (exact) mass is 249 g/mol. The molecule has 3 nitrogen and oxygen atoms in total. The van der Waals surface area contributed by atoms with E-state index in [1.165, 1.54) is 25.0 Å². The van der Waals surface area contributed by atoms with E-state index in [-0.39, 0.29) is 6.04 Å². The van der Waals surface area contributed by atoms with E-state index >= 15 is 0 Å². The van der Waals surface area contributed by atoms with Crippen LogP contribution in [0.15, 0.2) is 18.7 Å². The number of allylic oxidation sites excluding steroid dienone is 1. The molecule has 0 radical (unpaired) electrons. The highest BCUT2D eigenvalue weighted by Crippen LogP contribution is 2.19. The second-order valence-corrected chi connectivity index (χ2v) is 4.76. The number of aryl methyl sites for hydroxylation is 2. The van der Waals surface area contributed by atoms with Gasteiger partial charge in [-0.05, 0) is 38.7 Å². The minimum Gasteiger partial charge on any atom is -0.323 e. The molecular formula is C15H27N3. The van der Waals surface area contributed by atoms with Gasteiger partial charge in [0.2, 0.25) is 0 Å². The first-order valence-electron chi connectivity index (χ1n) is 7.16. The lowest BCUT2D eigenvalue weighted by atomic mass is 10.0. The normalized spacial score (nSPS) is 12.6. The smallest absolute Gasteiger partial charge is 0.0625 e. The first-order valence-corrected chi connectivity index (χ1v) is 7.16. The molecule has 102 valence electrons. The van der Waals surface area contributed by atoms with E-state index in [1.807, 2.05) is 10.8 Å². The molecule has 1 rings (SSSR count). The van der Waals surface area contributed by atoms with Crippen molar-refractivity contribution in [1.29, 1.82) is 0 Å². The van der Waals surface area contributed by atoms with Gasteiger partial charge in [0.05, 0.1) is 11.4 Å². The molecule has 0 spiro atoms. The van der Waals surface area contributed by atoms with Crippen LogP contribution in [-0.2, 0) is 13.0 Å². The molecule has 1 aromatic rings. The maximum Gasteiger partial charge on any atom is 0.0625 e. The van der Waals surface area contributed by atoms with E-state index in [0.29, 0.717) is 0 Å². The number of rotatable bonds is 9. The first-order chi connectivity index (χ1) is 8.72. The number of nitrogens with zero attached hydrogens (tertiary/aromatic N) is 2. The van der Waals surface area contributed by atoms with Gasteiger partial charge in [0, 0.05) is 12.6 Å². The Morgan fingerprint density at radius 1 is 1.39 bits per heavy atom. The molecule has 0 saturated carbocycles. The summed E-state index contributed by atoms with van der Waals surface area (Å²) in [5, 5.41) is 4.55. The largest absolute Gasteiger partial charge is 0.323 e. The lowest BCUT2D eigenvalue weighted by Gasteiger charge is -2.12. The van der Waals surface area contributed by atoms with Crippen molar-refractivity contribution < 1.29 is 0 Å². The van der Waals surface area contributed by atoms with E-state index in [0.717, 1.165) is 31.5 Å². The third-order valence-electron chi connectivity index (χ3n) is 3.33. The molecule has 0 aliphatic heterocycles. The number of hydrogen-bond acceptors (Lipinski definition) is 2. The van der Waals surface area contributed by atoms with E-state index in [9.17, 15) is 0 Å². The van der Waals surface area contributed by atoms with Crippen LogP contribution in [0, 0.1) is 0 Å². The second kappa shape index (κ2) is 8.09. The van der Waals surface area contributed by atoms with Crippen molar-refractivity contribution in [3.63, 3.8) is 0 Å². The zero-order valence-electron chi connectivity index (χ0n) is 11.9. The fourth-order valence-corrected chi connectivity index (χ4v) is 2.19. The van der Waals surface area contributed by atoms with Crippen LogP contribution in [-0.4, -0.2) is 9.78 Å². The molecule has 18 heavy (non-hydrogen) atoms. The van der Waals surface area contributed by atoms with E-state index in [4.69, 9.17) is 5.73 Å². The van der Waals surface area contributed by atoms with E-state index < -0.39 is 0 Å². The highest BCUT2D eigenvalue weighted by molar-refractivity contribution is 5.14. The van der Waals surface area contributed by atoms with E-state index in [2.05, 4.69) is 31.6 Å². The summed E-state index contributed by atoms with van der Waals surface area (Å²) in [5.41, 5.74) is 8.61. The molecule has 1 aromatic heterocycles. The zero-order valence-corrected chi connectivity index (χ0v) is 11.9. The fraction of sp³-hybridized carbons (Fsp3) is 0.667. The number of unbranched alkanes of at least 4 members (excludes halogenated alkanes) is 3. The fourth-order valence-electron chi connectivity index (χ4n) is 2.19. The van der Waals surface area contributed by atoms with Crippen LogP contribution >= 0.6 is 0 Å². The van der Waals surface area contributed by atoms with Gasteiger partial charge in [-0.15, -0.1) is 6.58 Å². The molecule has 0 bridgehead atoms. The molecule has 0 aliphatic rings. The Hall–Kier alpha value is -1.09. The minimum absolute atomic E-state index is 0.126. The van der Waals surface area contributed by atoms with Crippen LogP contribution in [0.5, 0.6) is 0 Å². The Kier molecular flexibility index (Phi) is 6.73. The number of nitrogens with two attached hydrogens (primary N) is 1. The van der Waals surface area contributed by atoms with Crippen molar-refractivity contribution in [3.8, 4) is 0 Å². The Morgan fingerprint density at radius 3 is 2.78 bits per heavy atom. The van der Waals surface area contributed by atoms with Crippen LogP contribution in [0.3, 0.4) is 0 Å². The summed E-state index contributed by atoms with van der Waals surface area (Å²) in [4.78, 5) is 0. The van der Waals surface area contributed by atoms with Crippen molar-refractivity contribution in [3.05, 3.63) is 30.1 Å². The summed E-state index contributed by atoms with van der Waals surface area (Å²) in [6.45, 7) is 8.89. The summed E-state index contributed by atoms with van der Waals surface area (Å²) in [6, 6.07) is 2.29. The van der Waals surface area contributed by atoms with Gasteiger partial charge < -0.3 is 5.73 Å². The van der Waals surface area contributed by atoms with Crippen molar-refractivity contribution in [2.24, 2.45) is 5.73 Å². The van der Waals surface area contributed by atoms with Crippen LogP contribution in [0.4, 0.5) is 0 Å². The SMILES string of the molecule is C=CCCCCCC(N)c1cc(CC)nn1CC. The maximum atomic E-state index is 6.27. The lowest BCUT2D eigenvalue weighted by molar-refractivity contribution is 0.517. The van der Waals surface area contributed by atoms with Crippen LogP contribution in [0.2, 0.25) is 0 Å². The van der Waals surface area contributed by atoms with Gasteiger partial charge in [-0.2, -0.15) is 5.10 Å². The highest BCUT2D eigenvalue weighted by Gasteiger charge is 2.13. The Morgan fingerprint density at radius 2 is 2.17 bits per heavy atom. The minimum atomic E-state index is 0.126.